The van der Waals surface area contributed by atoms with Gasteiger partial charge in [0.15, 0.2) is 5.69 Å². The van der Waals surface area contributed by atoms with Crippen molar-refractivity contribution in [3.8, 4) is 5.69 Å². The van der Waals surface area contributed by atoms with Crippen LogP contribution in [0.2, 0.25) is 0 Å². The highest BCUT2D eigenvalue weighted by Crippen LogP contribution is 2.54. The molecule has 1 fully saturated rings. The molecule has 0 radical (unpaired) electrons. The van der Waals surface area contributed by atoms with Crippen LogP contribution in [-0.2, 0) is 4.74 Å². The molecule has 5 heteroatoms. The Labute approximate surface area is 127 Å². The minimum atomic E-state index is -0.354. The molecule has 2 aliphatic carbocycles. The Kier molecular flexibility index (Phi) is 3.03. The zero-order chi connectivity index (χ0) is 15.3. The van der Waals surface area contributed by atoms with Crippen molar-refractivity contribution >= 4 is 5.97 Å². The average Bonchev–Trinajstić information content (AvgIpc) is 3.20. The normalized spacial score (nSPS) is 21.9. The number of esters is 1. The quantitative estimate of drug-likeness (QED) is 0.814. The molecule has 1 aromatic carbocycles. The summed E-state index contributed by atoms with van der Waals surface area (Å²) in [7, 11) is 0. The predicted octanol–water partition coefficient (Wildman–Crippen LogP) is 3.55. The van der Waals surface area contributed by atoms with E-state index in [1.807, 2.05) is 4.68 Å². The number of carbonyl (C=O) groups excluding carboxylic acids is 1. The molecule has 0 saturated heterocycles. The smallest absolute Gasteiger partial charge is 0.359 e. The molecule has 22 heavy (non-hydrogen) atoms. The number of halogens is 1. The number of hydrogen-bond donors (Lipinski definition) is 0. The standard InChI is InChI=1S/C17H17FN2O2/c1-2-22-17(21)15-14-10-3-4-11(9-10)16(14)20(19-15)13-7-5-12(18)6-8-13/h5-8,10-11H,2-4,9H2,1H3. The van der Waals surface area contributed by atoms with E-state index in [0.717, 1.165) is 36.2 Å². The van der Waals surface area contributed by atoms with Crippen LogP contribution >= 0.6 is 0 Å². The molecule has 2 aliphatic rings. The Morgan fingerprint density at radius 2 is 2.05 bits per heavy atom. The van der Waals surface area contributed by atoms with Crippen LogP contribution in [0.1, 0.15) is 59.8 Å². The fourth-order valence-electron chi connectivity index (χ4n) is 3.86. The third-order valence-corrected chi connectivity index (χ3v) is 4.73. The van der Waals surface area contributed by atoms with E-state index in [9.17, 15) is 9.18 Å². The Morgan fingerprint density at radius 1 is 1.32 bits per heavy atom. The molecule has 114 valence electrons. The molecular weight excluding hydrogens is 283 g/mol. The first kappa shape index (κ1) is 13.5. The van der Waals surface area contributed by atoms with E-state index < -0.39 is 0 Å². The Balaban J connectivity index is 1.86. The highest BCUT2D eigenvalue weighted by molar-refractivity contribution is 5.90. The van der Waals surface area contributed by atoms with Gasteiger partial charge in [-0.15, -0.1) is 0 Å². The molecule has 4 rings (SSSR count). The third-order valence-electron chi connectivity index (χ3n) is 4.73. The summed E-state index contributed by atoms with van der Waals surface area (Å²) < 4.78 is 20.1. The van der Waals surface area contributed by atoms with Crippen LogP contribution in [0, 0.1) is 5.82 Å². The maximum Gasteiger partial charge on any atom is 0.359 e. The van der Waals surface area contributed by atoms with E-state index >= 15 is 0 Å². The molecule has 0 aliphatic heterocycles. The summed E-state index contributed by atoms with van der Waals surface area (Å²) in [5.74, 6) is 0.223. The summed E-state index contributed by atoms with van der Waals surface area (Å²) in [4.78, 5) is 12.2. The van der Waals surface area contributed by atoms with Gasteiger partial charge in [0, 0.05) is 11.5 Å². The van der Waals surface area contributed by atoms with Gasteiger partial charge in [-0.1, -0.05) is 0 Å². The highest BCUT2D eigenvalue weighted by Gasteiger charge is 2.44. The average molecular weight is 300 g/mol. The fraction of sp³-hybridized carbons (Fsp3) is 0.412. The topological polar surface area (TPSA) is 44.1 Å². The summed E-state index contributed by atoms with van der Waals surface area (Å²) in [5.41, 5.74) is 3.40. The first-order chi connectivity index (χ1) is 10.7. The molecule has 1 aromatic heterocycles. The van der Waals surface area contributed by atoms with Crippen molar-refractivity contribution < 1.29 is 13.9 Å². The van der Waals surface area contributed by atoms with Gasteiger partial charge in [-0.2, -0.15) is 5.10 Å². The summed E-state index contributed by atoms with van der Waals surface area (Å²) in [6.45, 7) is 2.13. The van der Waals surface area contributed by atoms with E-state index in [1.54, 1.807) is 19.1 Å². The monoisotopic (exact) mass is 300 g/mol. The molecule has 2 unspecified atom stereocenters. The van der Waals surface area contributed by atoms with E-state index in [1.165, 1.54) is 12.1 Å². The van der Waals surface area contributed by atoms with Crippen LogP contribution in [0.5, 0.6) is 0 Å². The number of benzene rings is 1. The van der Waals surface area contributed by atoms with Crippen molar-refractivity contribution in [3.63, 3.8) is 0 Å². The van der Waals surface area contributed by atoms with E-state index in [4.69, 9.17) is 4.74 Å². The van der Waals surface area contributed by atoms with Crippen molar-refractivity contribution in [1.29, 1.82) is 0 Å². The van der Waals surface area contributed by atoms with Crippen molar-refractivity contribution in [2.24, 2.45) is 0 Å². The van der Waals surface area contributed by atoms with Gasteiger partial charge in [0.05, 0.1) is 18.0 Å². The second kappa shape index (κ2) is 4.93. The molecule has 0 N–H and O–H groups in total. The van der Waals surface area contributed by atoms with Gasteiger partial charge in [0.2, 0.25) is 0 Å². The number of carbonyl (C=O) groups is 1. The minimum absolute atomic E-state index is 0.278. The minimum Gasteiger partial charge on any atom is -0.461 e. The van der Waals surface area contributed by atoms with E-state index in [0.29, 0.717) is 24.1 Å². The molecule has 2 bridgehead atoms. The zero-order valence-corrected chi connectivity index (χ0v) is 12.4. The van der Waals surface area contributed by atoms with E-state index in [2.05, 4.69) is 5.10 Å². The summed E-state index contributed by atoms with van der Waals surface area (Å²) >= 11 is 0. The summed E-state index contributed by atoms with van der Waals surface area (Å²) in [6.07, 6.45) is 3.33. The van der Waals surface area contributed by atoms with Crippen LogP contribution in [0.3, 0.4) is 0 Å². The summed E-state index contributed by atoms with van der Waals surface area (Å²) in [5, 5.41) is 4.51. The zero-order valence-electron chi connectivity index (χ0n) is 12.4. The van der Waals surface area contributed by atoms with Gasteiger partial charge in [-0.25, -0.2) is 13.9 Å². The molecule has 4 nitrogen and oxygen atoms in total. The van der Waals surface area contributed by atoms with Gasteiger partial charge in [0.25, 0.3) is 0 Å². The van der Waals surface area contributed by atoms with Crippen molar-refractivity contribution in [2.75, 3.05) is 6.61 Å². The third kappa shape index (κ3) is 1.88. The first-order valence-electron chi connectivity index (χ1n) is 7.75. The maximum atomic E-state index is 13.2. The number of hydrogen-bond acceptors (Lipinski definition) is 3. The van der Waals surface area contributed by atoms with Crippen molar-refractivity contribution in [1.82, 2.24) is 9.78 Å². The van der Waals surface area contributed by atoms with Crippen LogP contribution < -0.4 is 0 Å². The molecule has 2 aromatic rings. The Bertz CT molecular complexity index is 736. The summed E-state index contributed by atoms with van der Waals surface area (Å²) in [6, 6.07) is 6.23. The van der Waals surface area contributed by atoms with Crippen molar-refractivity contribution in [3.05, 3.63) is 47.0 Å². The van der Waals surface area contributed by atoms with Gasteiger partial charge in [0.1, 0.15) is 5.82 Å². The van der Waals surface area contributed by atoms with Crippen LogP contribution in [-0.4, -0.2) is 22.4 Å². The van der Waals surface area contributed by atoms with Gasteiger partial charge >= 0.3 is 5.97 Å². The largest absolute Gasteiger partial charge is 0.461 e. The molecule has 2 atom stereocenters. The van der Waals surface area contributed by atoms with Crippen LogP contribution in [0.15, 0.2) is 24.3 Å². The van der Waals surface area contributed by atoms with Gasteiger partial charge in [-0.3, -0.25) is 0 Å². The molecule has 1 saturated carbocycles. The Hall–Kier alpha value is -2.17. The lowest BCUT2D eigenvalue weighted by Gasteiger charge is -2.13. The highest BCUT2D eigenvalue weighted by atomic mass is 19.1. The predicted molar refractivity (Wildman–Crippen MR) is 78.8 cm³/mol. The second-order valence-electron chi connectivity index (χ2n) is 5.96. The Morgan fingerprint density at radius 3 is 2.77 bits per heavy atom. The van der Waals surface area contributed by atoms with Crippen LogP contribution in [0.25, 0.3) is 5.69 Å². The maximum absolute atomic E-state index is 13.2. The van der Waals surface area contributed by atoms with Gasteiger partial charge < -0.3 is 4.74 Å². The number of ether oxygens (including phenoxy) is 1. The lowest BCUT2D eigenvalue weighted by molar-refractivity contribution is 0.0517. The number of rotatable bonds is 3. The molecule has 0 spiro atoms. The number of fused-ring (bicyclic) bond motifs is 5. The second-order valence-corrected chi connectivity index (χ2v) is 5.96. The lowest BCUT2D eigenvalue weighted by Crippen LogP contribution is -2.09. The van der Waals surface area contributed by atoms with Crippen LogP contribution in [0.4, 0.5) is 4.39 Å². The fourth-order valence-corrected chi connectivity index (χ4v) is 3.86. The van der Waals surface area contributed by atoms with E-state index in [-0.39, 0.29) is 11.8 Å². The number of nitrogens with zero attached hydrogens (tertiary/aromatic N) is 2. The molecule has 1 heterocycles. The van der Waals surface area contributed by atoms with Crippen molar-refractivity contribution in [2.45, 2.75) is 38.0 Å². The first-order valence-corrected chi connectivity index (χ1v) is 7.75. The number of aromatic nitrogens is 2. The lowest BCUT2D eigenvalue weighted by atomic mass is 9.95. The molecule has 0 amide bonds. The SMILES string of the molecule is CCOC(=O)c1nn(-c2ccc(F)cc2)c2c1C1CCC2C1. The molecular formula is C17H17FN2O2. The van der Waals surface area contributed by atoms with Gasteiger partial charge in [-0.05, 0) is 56.4 Å².